The van der Waals surface area contributed by atoms with Crippen LogP contribution in [-0.2, 0) is 23.6 Å². The highest BCUT2D eigenvalue weighted by Gasteiger charge is 2.41. The predicted octanol–water partition coefficient (Wildman–Crippen LogP) is 8.06. The van der Waals surface area contributed by atoms with Crippen LogP contribution in [0.3, 0.4) is 0 Å². The van der Waals surface area contributed by atoms with Gasteiger partial charge in [0.2, 0.25) is 0 Å². The van der Waals surface area contributed by atoms with E-state index in [2.05, 4.69) is 31.4 Å². The van der Waals surface area contributed by atoms with Gasteiger partial charge in [0.15, 0.2) is 0 Å². The number of hydrogen-bond donors (Lipinski definition) is 3. The lowest BCUT2D eigenvalue weighted by atomic mass is 9.71. The highest BCUT2D eigenvalue weighted by atomic mass is 19.4. The zero-order chi connectivity index (χ0) is 33.3. The molecule has 2 aromatic carbocycles. The van der Waals surface area contributed by atoms with E-state index in [-0.39, 0.29) is 30.5 Å². The monoisotopic (exact) mass is 641 g/mol. The maximum absolute atomic E-state index is 13.9. The number of aryl methyl sites for hydroxylation is 1. The van der Waals surface area contributed by atoms with Crippen LogP contribution in [0.5, 0.6) is 0 Å². The molecule has 4 rings (SSSR count). The summed E-state index contributed by atoms with van der Waals surface area (Å²) in [5.41, 5.74) is -1.79. The molecule has 2 aliphatic rings. The van der Waals surface area contributed by atoms with Crippen LogP contribution in [0.25, 0.3) is 0 Å². The molecule has 3 N–H and O–H groups in total. The van der Waals surface area contributed by atoms with E-state index >= 15 is 0 Å². The van der Waals surface area contributed by atoms with Crippen LogP contribution in [0.15, 0.2) is 36.4 Å². The number of urea groups is 1. The van der Waals surface area contributed by atoms with Gasteiger partial charge in [-0.15, -0.1) is 0 Å². The van der Waals surface area contributed by atoms with Crippen molar-refractivity contribution in [2.24, 2.45) is 11.3 Å². The van der Waals surface area contributed by atoms with E-state index in [0.29, 0.717) is 49.3 Å². The second-order valence-electron chi connectivity index (χ2n) is 12.9. The maximum atomic E-state index is 13.9. The lowest BCUT2D eigenvalue weighted by Crippen LogP contribution is -2.47. The highest BCUT2D eigenvalue weighted by molar-refractivity contribution is 5.95. The third-order valence-corrected chi connectivity index (χ3v) is 8.80. The summed E-state index contributed by atoms with van der Waals surface area (Å²) in [6, 6.07) is 4.31. The minimum Gasteiger partial charge on any atom is -0.481 e. The number of nitrogens with one attached hydrogen (secondary N) is 2. The van der Waals surface area contributed by atoms with Crippen molar-refractivity contribution in [1.82, 2.24) is 10.2 Å². The predicted molar refractivity (Wildman–Crippen MR) is 155 cm³/mol. The van der Waals surface area contributed by atoms with Crippen molar-refractivity contribution in [1.29, 1.82) is 0 Å². The van der Waals surface area contributed by atoms with Crippen molar-refractivity contribution < 1.29 is 45.8 Å². The summed E-state index contributed by atoms with van der Waals surface area (Å²) in [5.74, 6) is -1.13. The number of halogens is 6. The number of fused-ring (bicyclic) bond motifs is 1. The van der Waals surface area contributed by atoms with Gasteiger partial charge in [0.1, 0.15) is 0 Å². The molecule has 1 atom stereocenters. The van der Waals surface area contributed by atoms with Crippen LogP contribution in [0.4, 0.5) is 36.8 Å². The summed E-state index contributed by atoms with van der Waals surface area (Å²) >= 11 is 0. The summed E-state index contributed by atoms with van der Waals surface area (Å²) < 4.78 is 81.1. The van der Waals surface area contributed by atoms with Gasteiger partial charge in [0, 0.05) is 23.8 Å². The number of rotatable bonds is 7. The third-order valence-electron chi connectivity index (χ3n) is 8.80. The number of carbonyl (C=O) groups is 3. The Labute approximate surface area is 257 Å². The van der Waals surface area contributed by atoms with E-state index < -0.39 is 53.1 Å². The number of benzene rings is 2. The average Bonchev–Trinajstić information content (AvgIpc) is 3.34. The Morgan fingerprint density at radius 1 is 0.867 bits per heavy atom. The fourth-order valence-corrected chi connectivity index (χ4v) is 6.41. The molecule has 0 aromatic heterocycles. The number of carboxylic acid groups (broad SMARTS) is 1. The molecule has 1 saturated carbocycles. The van der Waals surface area contributed by atoms with Crippen molar-refractivity contribution in [3.8, 4) is 0 Å². The largest absolute Gasteiger partial charge is 0.481 e. The first-order valence-electron chi connectivity index (χ1n) is 14.9. The second-order valence-corrected chi connectivity index (χ2v) is 12.9. The summed E-state index contributed by atoms with van der Waals surface area (Å²) in [6.07, 6.45) is -6.60. The molecule has 1 unspecified atom stereocenters. The van der Waals surface area contributed by atoms with Gasteiger partial charge in [-0.25, -0.2) is 4.79 Å². The van der Waals surface area contributed by atoms with Crippen LogP contribution in [-0.4, -0.2) is 40.5 Å². The molecule has 246 valence electrons. The number of anilines is 1. The number of amides is 3. The quantitative estimate of drug-likeness (QED) is 0.267. The third kappa shape index (κ3) is 8.29. The van der Waals surface area contributed by atoms with Gasteiger partial charge < -0.3 is 20.6 Å². The molecule has 0 aliphatic heterocycles. The molecule has 45 heavy (non-hydrogen) atoms. The Morgan fingerprint density at radius 2 is 1.47 bits per heavy atom. The fraction of sp³-hybridized carbons (Fsp3) is 0.531. The molecule has 1 fully saturated rings. The van der Waals surface area contributed by atoms with Crippen LogP contribution >= 0.6 is 0 Å². The minimum absolute atomic E-state index is 0.0177. The normalized spacial score (nSPS) is 20.3. The van der Waals surface area contributed by atoms with E-state index in [4.69, 9.17) is 5.11 Å². The lowest BCUT2D eigenvalue weighted by Gasteiger charge is -2.43. The van der Waals surface area contributed by atoms with Crippen molar-refractivity contribution in [2.45, 2.75) is 90.2 Å². The molecule has 0 heterocycles. The molecule has 0 radical (unpaired) electrons. The zero-order valence-electron chi connectivity index (χ0n) is 25.2. The van der Waals surface area contributed by atoms with Gasteiger partial charge in [-0.3, -0.25) is 9.59 Å². The summed E-state index contributed by atoms with van der Waals surface area (Å²) in [4.78, 5) is 38.8. The van der Waals surface area contributed by atoms with Gasteiger partial charge in [-0.05, 0) is 91.3 Å². The van der Waals surface area contributed by atoms with Crippen LogP contribution in [0, 0.1) is 11.3 Å². The standard InChI is InChI=1S/C32H37F6N3O4/c1-30(2,3)20-6-8-24(9-7-20)41(29(45)40-23-16-21(31(33,34)35)15-22(17-23)32(36,37)38)26-11-5-18-14-19(4-10-25(18)26)28(44)39-13-12-27(42)43/h4,10,14-17,20,24,26H,5-9,11-13H2,1-3H3,(H,39,44)(H,40,45)(H,42,43). The first-order valence-corrected chi connectivity index (χ1v) is 14.9. The number of aliphatic carboxylic acids is 1. The van der Waals surface area contributed by atoms with Gasteiger partial charge >= 0.3 is 24.4 Å². The molecular weight excluding hydrogens is 604 g/mol. The van der Waals surface area contributed by atoms with Crippen LogP contribution in [0.1, 0.15) is 97.9 Å². The molecule has 13 heteroatoms. The first-order chi connectivity index (χ1) is 20.8. The first kappa shape index (κ1) is 34.1. The Morgan fingerprint density at radius 3 is 2.00 bits per heavy atom. The Bertz CT molecular complexity index is 1390. The number of alkyl halides is 6. The molecule has 3 amide bonds. The summed E-state index contributed by atoms with van der Waals surface area (Å²) in [6.45, 7) is 6.36. The lowest BCUT2D eigenvalue weighted by molar-refractivity contribution is -0.143. The number of carbonyl (C=O) groups excluding carboxylic acids is 2. The molecule has 0 spiro atoms. The summed E-state index contributed by atoms with van der Waals surface area (Å²) in [7, 11) is 0. The molecule has 2 aromatic rings. The number of nitrogens with zero attached hydrogens (tertiary/aromatic N) is 1. The van der Waals surface area contributed by atoms with Gasteiger partial charge in [0.25, 0.3) is 5.91 Å². The van der Waals surface area contributed by atoms with Crippen molar-refractivity contribution >= 4 is 23.6 Å². The van der Waals surface area contributed by atoms with Crippen molar-refractivity contribution in [3.63, 3.8) is 0 Å². The van der Waals surface area contributed by atoms with Gasteiger partial charge in [-0.1, -0.05) is 26.8 Å². The van der Waals surface area contributed by atoms with Crippen molar-refractivity contribution in [3.05, 3.63) is 64.2 Å². The van der Waals surface area contributed by atoms with Crippen molar-refractivity contribution in [2.75, 3.05) is 11.9 Å². The molecule has 2 aliphatic carbocycles. The Hall–Kier alpha value is -3.77. The van der Waals surface area contributed by atoms with Crippen LogP contribution < -0.4 is 10.6 Å². The van der Waals surface area contributed by atoms with E-state index in [1.165, 1.54) is 0 Å². The minimum atomic E-state index is -5.06. The second kappa shape index (κ2) is 12.9. The van der Waals surface area contributed by atoms with E-state index in [1.54, 1.807) is 23.1 Å². The smallest absolute Gasteiger partial charge is 0.416 e. The Balaban J connectivity index is 1.65. The number of hydrogen-bond acceptors (Lipinski definition) is 3. The van der Waals surface area contributed by atoms with E-state index in [1.807, 2.05) is 0 Å². The SMILES string of the molecule is CC(C)(C)C1CCC(N(C(=O)Nc2cc(C(F)(F)F)cc(C(F)(F)F)c2)C2CCc3cc(C(=O)NCCC(=O)O)ccc32)CC1. The number of carboxylic acids is 1. The topological polar surface area (TPSA) is 98.7 Å². The van der Waals surface area contributed by atoms with E-state index in [0.717, 1.165) is 24.0 Å². The highest BCUT2D eigenvalue weighted by Crippen LogP contribution is 2.44. The Kier molecular flexibility index (Phi) is 9.79. The molecule has 0 saturated heterocycles. The summed E-state index contributed by atoms with van der Waals surface area (Å²) in [5, 5.41) is 13.7. The average molecular weight is 642 g/mol. The maximum Gasteiger partial charge on any atom is 0.416 e. The molecule has 7 nitrogen and oxygen atoms in total. The van der Waals surface area contributed by atoms with E-state index in [9.17, 15) is 40.7 Å². The van der Waals surface area contributed by atoms with Gasteiger partial charge in [0.05, 0.1) is 23.6 Å². The van der Waals surface area contributed by atoms with Crippen LogP contribution in [0.2, 0.25) is 0 Å². The molecular formula is C32H37F6N3O4. The molecule has 0 bridgehead atoms. The fourth-order valence-electron chi connectivity index (χ4n) is 6.41. The van der Waals surface area contributed by atoms with Gasteiger partial charge in [-0.2, -0.15) is 26.3 Å². The zero-order valence-corrected chi connectivity index (χ0v) is 25.2.